The maximum absolute atomic E-state index is 14.1. The first-order valence-corrected chi connectivity index (χ1v) is 11.6. The minimum Gasteiger partial charge on any atom is -0.472 e. The SMILES string of the molecule is CC1(C)C(=O)C=C[C@@]2(C)C1CC(=O)[C@]1(C)C2CC[C@@]2(C)[C@H](c3ccoc3)OC(=O)C3OC321. The zero-order chi connectivity index (χ0) is 22.9. The van der Waals surface area contributed by atoms with Crippen molar-refractivity contribution >= 4 is 17.5 Å². The minimum atomic E-state index is -0.912. The molecular weight excluding hydrogens is 408 g/mol. The highest BCUT2D eigenvalue weighted by Crippen LogP contribution is 2.78. The number of carbonyl (C=O) groups excluding carboxylic acids is 3. The number of allylic oxidation sites excluding steroid dienone is 2. The van der Waals surface area contributed by atoms with Crippen molar-refractivity contribution in [1.82, 2.24) is 0 Å². The highest BCUT2D eigenvalue weighted by Gasteiger charge is 2.88. The van der Waals surface area contributed by atoms with Crippen molar-refractivity contribution in [1.29, 1.82) is 0 Å². The van der Waals surface area contributed by atoms with Crippen LogP contribution in [0, 0.1) is 33.5 Å². The molecule has 0 bridgehead atoms. The monoisotopic (exact) mass is 438 g/mol. The van der Waals surface area contributed by atoms with Crippen LogP contribution in [0.25, 0.3) is 0 Å². The van der Waals surface area contributed by atoms with Crippen molar-refractivity contribution in [2.24, 2.45) is 33.5 Å². The number of hydrogen-bond donors (Lipinski definition) is 0. The molecule has 1 aromatic heterocycles. The Morgan fingerprint density at radius 3 is 2.44 bits per heavy atom. The van der Waals surface area contributed by atoms with Gasteiger partial charge in [0.25, 0.3) is 0 Å². The molecule has 8 atom stereocenters. The molecule has 4 fully saturated rings. The second-order valence-corrected chi connectivity index (χ2v) is 11.8. The van der Waals surface area contributed by atoms with E-state index in [-0.39, 0.29) is 28.8 Å². The quantitative estimate of drug-likeness (QED) is 0.483. The van der Waals surface area contributed by atoms with Crippen LogP contribution in [0.4, 0.5) is 0 Å². The van der Waals surface area contributed by atoms with E-state index in [4.69, 9.17) is 13.9 Å². The Morgan fingerprint density at radius 2 is 1.75 bits per heavy atom. The summed E-state index contributed by atoms with van der Waals surface area (Å²) in [5, 5.41) is 0. The number of cyclic esters (lactones) is 1. The molecule has 32 heavy (non-hydrogen) atoms. The first kappa shape index (κ1) is 20.4. The van der Waals surface area contributed by atoms with Gasteiger partial charge in [0.05, 0.1) is 17.9 Å². The van der Waals surface area contributed by atoms with Gasteiger partial charge in [0.2, 0.25) is 0 Å². The maximum Gasteiger partial charge on any atom is 0.339 e. The standard InChI is InChI=1S/C26H30O6/c1-22(2)16-12-18(28)25(5)15(23(16,3)9-7-17(22)27)6-10-24(4)19(14-8-11-30-13-14)31-21(29)20-26(24,25)32-20/h7-9,11,13,15-16,19-20H,6,10,12H2,1-5H3/t15?,16?,19-,20?,23+,24-,25-,26?/m0/s1. The summed E-state index contributed by atoms with van der Waals surface area (Å²) in [6.45, 7) is 10.2. The van der Waals surface area contributed by atoms with Crippen molar-refractivity contribution in [2.75, 3.05) is 0 Å². The third-order valence-electron chi connectivity index (χ3n) is 10.3. The number of ether oxygens (including phenoxy) is 2. The summed E-state index contributed by atoms with van der Waals surface area (Å²) in [5.74, 6) is -0.312. The number of ketones is 2. The average molecular weight is 439 g/mol. The van der Waals surface area contributed by atoms with Crippen molar-refractivity contribution in [3.05, 3.63) is 36.3 Å². The largest absolute Gasteiger partial charge is 0.472 e. The van der Waals surface area contributed by atoms with Gasteiger partial charge < -0.3 is 13.9 Å². The summed E-state index contributed by atoms with van der Waals surface area (Å²) < 4.78 is 17.5. The number of esters is 1. The Labute approximate surface area is 187 Å². The second-order valence-electron chi connectivity index (χ2n) is 11.8. The molecule has 0 aromatic carbocycles. The van der Waals surface area contributed by atoms with Gasteiger partial charge in [0.1, 0.15) is 17.5 Å². The first-order valence-electron chi connectivity index (χ1n) is 11.6. The molecule has 170 valence electrons. The zero-order valence-corrected chi connectivity index (χ0v) is 19.3. The molecule has 3 heterocycles. The highest BCUT2D eigenvalue weighted by molar-refractivity contribution is 5.98. The van der Waals surface area contributed by atoms with E-state index in [0.29, 0.717) is 6.42 Å². The molecule has 0 amide bonds. The van der Waals surface area contributed by atoms with Crippen LogP contribution in [0.2, 0.25) is 0 Å². The predicted octanol–water partition coefficient (Wildman–Crippen LogP) is 4.20. The fourth-order valence-electron chi connectivity index (χ4n) is 8.56. The van der Waals surface area contributed by atoms with Crippen LogP contribution in [0.15, 0.2) is 35.2 Å². The normalized spacial score (nSPS) is 50.6. The number of epoxide rings is 1. The van der Waals surface area contributed by atoms with E-state index in [2.05, 4.69) is 13.8 Å². The van der Waals surface area contributed by atoms with Crippen molar-refractivity contribution in [3.8, 4) is 0 Å². The summed E-state index contributed by atoms with van der Waals surface area (Å²) in [4.78, 5) is 39.8. The lowest BCUT2D eigenvalue weighted by atomic mass is 9.36. The van der Waals surface area contributed by atoms with E-state index < -0.39 is 40.0 Å². The molecule has 2 aliphatic heterocycles. The third-order valence-corrected chi connectivity index (χ3v) is 10.3. The Hall–Kier alpha value is -2.21. The molecular formula is C26H30O6. The molecule has 4 unspecified atom stereocenters. The van der Waals surface area contributed by atoms with Crippen molar-refractivity contribution in [2.45, 2.75) is 71.7 Å². The van der Waals surface area contributed by atoms with Crippen LogP contribution in [0.3, 0.4) is 0 Å². The molecule has 2 saturated carbocycles. The van der Waals surface area contributed by atoms with Crippen LogP contribution in [0.1, 0.15) is 65.5 Å². The Kier molecular flexibility index (Phi) is 3.60. The van der Waals surface area contributed by atoms with Gasteiger partial charge in [0.15, 0.2) is 11.9 Å². The highest BCUT2D eigenvalue weighted by atomic mass is 16.7. The fourth-order valence-corrected chi connectivity index (χ4v) is 8.56. The third kappa shape index (κ3) is 1.92. The molecule has 2 saturated heterocycles. The number of rotatable bonds is 1. The number of fused-ring (bicyclic) bond motifs is 3. The van der Waals surface area contributed by atoms with E-state index >= 15 is 0 Å². The van der Waals surface area contributed by atoms with Gasteiger partial charge in [0, 0.05) is 22.8 Å². The van der Waals surface area contributed by atoms with E-state index in [0.717, 1.165) is 18.4 Å². The maximum atomic E-state index is 14.1. The topological polar surface area (TPSA) is 86.1 Å². The van der Waals surface area contributed by atoms with Crippen LogP contribution >= 0.6 is 0 Å². The summed E-state index contributed by atoms with van der Waals surface area (Å²) in [5.41, 5.74) is -2.45. The number of carbonyl (C=O) groups is 3. The van der Waals surface area contributed by atoms with Crippen LogP contribution < -0.4 is 0 Å². The summed E-state index contributed by atoms with van der Waals surface area (Å²) >= 11 is 0. The Morgan fingerprint density at radius 1 is 1.00 bits per heavy atom. The van der Waals surface area contributed by atoms with Gasteiger partial charge in [-0.15, -0.1) is 0 Å². The summed E-state index contributed by atoms with van der Waals surface area (Å²) in [6.07, 6.45) is 7.57. The van der Waals surface area contributed by atoms with Gasteiger partial charge in [-0.3, -0.25) is 9.59 Å². The Balaban J connectivity index is 1.53. The molecule has 6 nitrogen and oxygen atoms in total. The van der Waals surface area contributed by atoms with Gasteiger partial charge >= 0.3 is 5.97 Å². The fraction of sp³-hybridized carbons (Fsp3) is 0.654. The molecule has 1 spiro atoms. The summed E-state index contributed by atoms with van der Waals surface area (Å²) in [6, 6.07) is 1.83. The number of Topliss-reactive ketones (excluding diaryl/α,β-unsaturated/α-hetero) is 1. The molecule has 0 N–H and O–H groups in total. The first-order chi connectivity index (χ1) is 14.9. The number of hydrogen-bond acceptors (Lipinski definition) is 6. The van der Waals surface area contributed by atoms with Crippen LogP contribution in [-0.2, 0) is 23.9 Å². The Bertz CT molecular complexity index is 1080. The average Bonchev–Trinajstić information content (AvgIpc) is 3.30. The molecule has 6 heteroatoms. The van der Waals surface area contributed by atoms with Crippen molar-refractivity contribution in [3.63, 3.8) is 0 Å². The molecule has 6 rings (SSSR count). The minimum absolute atomic E-state index is 0.0288. The lowest BCUT2D eigenvalue weighted by Gasteiger charge is -2.66. The van der Waals surface area contributed by atoms with E-state index in [1.807, 2.05) is 32.9 Å². The van der Waals surface area contributed by atoms with Crippen LogP contribution in [-0.4, -0.2) is 29.2 Å². The van der Waals surface area contributed by atoms with Gasteiger partial charge in [-0.25, -0.2) is 4.79 Å². The second kappa shape index (κ2) is 5.64. The van der Waals surface area contributed by atoms with E-state index in [1.165, 1.54) is 0 Å². The van der Waals surface area contributed by atoms with Gasteiger partial charge in [-0.1, -0.05) is 33.8 Å². The van der Waals surface area contributed by atoms with Crippen molar-refractivity contribution < 1.29 is 28.3 Å². The number of furan rings is 1. The van der Waals surface area contributed by atoms with Crippen LogP contribution in [0.5, 0.6) is 0 Å². The zero-order valence-electron chi connectivity index (χ0n) is 19.3. The molecule has 0 radical (unpaired) electrons. The lowest BCUT2D eigenvalue weighted by Crippen LogP contribution is -2.71. The molecule has 3 aliphatic carbocycles. The van der Waals surface area contributed by atoms with Gasteiger partial charge in [-0.05, 0) is 49.2 Å². The lowest BCUT2D eigenvalue weighted by molar-refractivity contribution is -0.210. The molecule has 1 aromatic rings. The van der Waals surface area contributed by atoms with Gasteiger partial charge in [-0.2, -0.15) is 0 Å². The van der Waals surface area contributed by atoms with E-state index in [9.17, 15) is 14.4 Å². The molecule has 5 aliphatic rings. The smallest absolute Gasteiger partial charge is 0.339 e. The summed E-state index contributed by atoms with van der Waals surface area (Å²) in [7, 11) is 0. The predicted molar refractivity (Wildman–Crippen MR) is 113 cm³/mol. The van der Waals surface area contributed by atoms with E-state index in [1.54, 1.807) is 18.6 Å².